The molecule has 0 spiro atoms. The normalized spacial score (nSPS) is 23.8. The van der Waals surface area contributed by atoms with Crippen LogP contribution in [0.2, 0.25) is 0 Å². The highest BCUT2D eigenvalue weighted by Gasteiger charge is 2.52. The van der Waals surface area contributed by atoms with Crippen LogP contribution in [-0.2, 0) is 15.1 Å². The quantitative estimate of drug-likeness (QED) is 0.751. The summed E-state index contributed by atoms with van der Waals surface area (Å²) in [6, 6.07) is 10.7. The maximum atomic E-state index is 13.1. The van der Waals surface area contributed by atoms with E-state index < -0.39 is 28.9 Å². The molecule has 2 N–H and O–H groups in total. The third-order valence-corrected chi connectivity index (χ3v) is 5.42. The number of nitrogens with one attached hydrogen (secondary N) is 2. The van der Waals surface area contributed by atoms with Crippen molar-refractivity contribution < 1.29 is 14.4 Å². The third kappa shape index (κ3) is 3.39. The average Bonchev–Trinajstić information content (AvgIpc) is 3.22. The Labute approximate surface area is 158 Å². The summed E-state index contributed by atoms with van der Waals surface area (Å²) in [5, 5.41) is 14.9. The Hall–Kier alpha value is -2.88. The second-order valence-electron chi connectivity index (χ2n) is 7.29. The average molecular weight is 368 g/mol. The summed E-state index contributed by atoms with van der Waals surface area (Å²) in [6.45, 7) is 1.56. The highest BCUT2D eigenvalue weighted by Crippen LogP contribution is 2.34. The van der Waals surface area contributed by atoms with Gasteiger partial charge >= 0.3 is 6.03 Å². The molecule has 0 aromatic heterocycles. The lowest BCUT2D eigenvalue weighted by atomic mass is 9.85. The van der Waals surface area contributed by atoms with Gasteiger partial charge in [-0.3, -0.25) is 14.5 Å². The van der Waals surface area contributed by atoms with Crippen LogP contribution in [0, 0.1) is 11.3 Å². The fourth-order valence-electron chi connectivity index (χ4n) is 4.07. The number of urea groups is 1. The molecule has 4 amide bonds. The highest BCUT2D eigenvalue weighted by molar-refractivity contribution is 6.09. The van der Waals surface area contributed by atoms with Crippen LogP contribution < -0.4 is 10.6 Å². The summed E-state index contributed by atoms with van der Waals surface area (Å²) in [5.41, 5.74) is -1.32. The van der Waals surface area contributed by atoms with E-state index in [-0.39, 0.29) is 6.54 Å². The second-order valence-corrected chi connectivity index (χ2v) is 7.29. The Morgan fingerprint density at radius 1 is 1.26 bits per heavy atom. The predicted octanol–water partition coefficient (Wildman–Crippen LogP) is 2.19. The Bertz CT molecular complexity index is 780. The van der Waals surface area contributed by atoms with Crippen molar-refractivity contribution in [1.82, 2.24) is 15.5 Å². The van der Waals surface area contributed by atoms with E-state index in [1.54, 1.807) is 12.1 Å². The first-order valence-electron chi connectivity index (χ1n) is 9.38. The van der Waals surface area contributed by atoms with Crippen molar-refractivity contribution >= 4 is 17.8 Å². The molecule has 1 aromatic rings. The molecule has 7 nitrogen and oxygen atoms in total. The Balaban J connectivity index is 1.79. The van der Waals surface area contributed by atoms with Crippen molar-refractivity contribution in [2.24, 2.45) is 0 Å². The summed E-state index contributed by atoms with van der Waals surface area (Å²) in [5.74, 6) is -0.907. The minimum absolute atomic E-state index is 0.383. The number of nitriles is 1. The number of hydrogen-bond acceptors (Lipinski definition) is 4. The smallest absolute Gasteiger partial charge is 0.325 e. The van der Waals surface area contributed by atoms with Gasteiger partial charge in [0, 0.05) is 0 Å². The summed E-state index contributed by atoms with van der Waals surface area (Å²) < 4.78 is 0. The standard InChI is InChI=1S/C20H24N4O3/c1-2-10-20(15-8-4-3-5-9-15)17(26)24(18(27)23-20)13-16(25)22-19(14-21)11-6-7-12-19/h3-5,8-9H,2,6-7,10-13H2,1H3,(H,22,25)(H,23,27). The van der Waals surface area contributed by atoms with Gasteiger partial charge < -0.3 is 10.6 Å². The molecule has 1 aliphatic carbocycles. The summed E-state index contributed by atoms with van der Waals surface area (Å²) in [7, 11) is 0. The summed E-state index contributed by atoms with van der Waals surface area (Å²) in [6.07, 6.45) is 4.09. The molecule has 27 heavy (non-hydrogen) atoms. The van der Waals surface area contributed by atoms with Crippen molar-refractivity contribution in [3.05, 3.63) is 35.9 Å². The van der Waals surface area contributed by atoms with Crippen LogP contribution >= 0.6 is 0 Å². The van der Waals surface area contributed by atoms with Gasteiger partial charge in [0.2, 0.25) is 5.91 Å². The monoisotopic (exact) mass is 368 g/mol. The van der Waals surface area contributed by atoms with Crippen LogP contribution in [0.4, 0.5) is 4.79 Å². The maximum absolute atomic E-state index is 13.1. The van der Waals surface area contributed by atoms with Crippen LogP contribution in [0.5, 0.6) is 0 Å². The molecule has 1 atom stereocenters. The predicted molar refractivity (Wildman–Crippen MR) is 98.2 cm³/mol. The first-order chi connectivity index (χ1) is 13.0. The van der Waals surface area contributed by atoms with Crippen LogP contribution in [0.15, 0.2) is 30.3 Å². The molecular formula is C20H24N4O3. The fraction of sp³-hybridized carbons (Fsp3) is 0.500. The van der Waals surface area contributed by atoms with Gasteiger partial charge in [0.1, 0.15) is 17.6 Å². The molecule has 0 bridgehead atoms. The highest BCUT2D eigenvalue weighted by atomic mass is 16.2. The lowest BCUT2D eigenvalue weighted by molar-refractivity contribution is -0.135. The van der Waals surface area contributed by atoms with Gasteiger partial charge in [0.25, 0.3) is 5.91 Å². The number of rotatable bonds is 6. The number of nitrogens with zero attached hydrogens (tertiary/aromatic N) is 2. The first kappa shape index (κ1) is 18.9. The summed E-state index contributed by atoms with van der Waals surface area (Å²) >= 11 is 0. The molecule has 1 aromatic carbocycles. The largest absolute Gasteiger partial charge is 0.336 e. The van der Waals surface area contributed by atoms with Gasteiger partial charge in [-0.15, -0.1) is 0 Å². The van der Waals surface area contributed by atoms with Crippen molar-refractivity contribution in [1.29, 1.82) is 5.26 Å². The van der Waals surface area contributed by atoms with E-state index >= 15 is 0 Å². The zero-order valence-electron chi connectivity index (χ0n) is 15.5. The van der Waals surface area contributed by atoms with Crippen LogP contribution in [0.1, 0.15) is 51.0 Å². The van der Waals surface area contributed by atoms with Gasteiger partial charge in [0.05, 0.1) is 6.07 Å². The zero-order valence-corrected chi connectivity index (χ0v) is 15.5. The number of carbonyl (C=O) groups is 3. The number of carbonyl (C=O) groups excluding carboxylic acids is 3. The minimum Gasteiger partial charge on any atom is -0.336 e. The lowest BCUT2D eigenvalue weighted by Gasteiger charge is -2.27. The topological polar surface area (TPSA) is 102 Å². The van der Waals surface area contributed by atoms with Gasteiger partial charge in [-0.05, 0) is 37.7 Å². The molecule has 1 heterocycles. The molecule has 2 fully saturated rings. The Kier molecular flexibility index (Phi) is 5.17. The van der Waals surface area contributed by atoms with Gasteiger partial charge in [-0.1, -0.05) is 43.7 Å². The maximum Gasteiger partial charge on any atom is 0.325 e. The number of benzene rings is 1. The fourth-order valence-corrected chi connectivity index (χ4v) is 4.07. The molecule has 1 aliphatic heterocycles. The van der Waals surface area contributed by atoms with Crippen LogP contribution in [0.25, 0.3) is 0 Å². The van der Waals surface area contributed by atoms with Crippen molar-refractivity contribution in [2.75, 3.05) is 6.54 Å². The Morgan fingerprint density at radius 3 is 2.52 bits per heavy atom. The van der Waals surface area contributed by atoms with E-state index in [1.165, 1.54) is 0 Å². The molecule has 1 saturated heterocycles. The number of amides is 4. The van der Waals surface area contributed by atoms with E-state index in [0.717, 1.165) is 17.7 Å². The third-order valence-electron chi connectivity index (χ3n) is 5.42. The van der Waals surface area contributed by atoms with Gasteiger partial charge in [-0.2, -0.15) is 5.26 Å². The zero-order chi connectivity index (χ0) is 19.5. The molecular weight excluding hydrogens is 344 g/mol. The van der Waals surface area contributed by atoms with Crippen molar-refractivity contribution in [3.63, 3.8) is 0 Å². The Morgan fingerprint density at radius 2 is 1.93 bits per heavy atom. The van der Waals surface area contributed by atoms with Crippen LogP contribution in [0.3, 0.4) is 0 Å². The van der Waals surface area contributed by atoms with Crippen molar-refractivity contribution in [2.45, 2.75) is 56.5 Å². The van der Waals surface area contributed by atoms with Gasteiger partial charge in [0.15, 0.2) is 0 Å². The van der Waals surface area contributed by atoms with Crippen molar-refractivity contribution in [3.8, 4) is 6.07 Å². The molecule has 1 unspecified atom stereocenters. The summed E-state index contributed by atoms with van der Waals surface area (Å²) in [4.78, 5) is 39.1. The molecule has 0 radical (unpaired) electrons. The molecule has 2 aliphatic rings. The molecule has 7 heteroatoms. The molecule has 1 saturated carbocycles. The number of imide groups is 1. The van der Waals surface area contributed by atoms with E-state index in [9.17, 15) is 19.6 Å². The first-order valence-corrected chi connectivity index (χ1v) is 9.38. The second kappa shape index (κ2) is 7.39. The minimum atomic E-state index is -1.15. The van der Waals surface area contributed by atoms with Crippen LogP contribution in [-0.4, -0.2) is 34.8 Å². The van der Waals surface area contributed by atoms with E-state index in [4.69, 9.17) is 0 Å². The lowest BCUT2D eigenvalue weighted by Crippen LogP contribution is -2.50. The van der Waals surface area contributed by atoms with E-state index in [1.807, 2.05) is 25.1 Å². The molecule has 142 valence electrons. The molecule has 3 rings (SSSR count). The van der Waals surface area contributed by atoms with E-state index in [0.29, 0.717) is 31.2 Å². The van der Waals surface area contributed by atoms with Gasteiger partial charge in [-0.25, -0.2) is 4.79 Å². The SMILES string of the molecule is CCCC1(c2ccccc2)NC(=O)N(CC(=O)NC2(C#N)CCCC2)C1=O. The number of hydrogen-bond donors (Lipinski definition) is 2. The van der Waals surface area contributed by atoms with E-state index in [2.05, 4.69) is 16.7 Å².